The summed E-state index contributed by atoms with van der Waals surface area (Å²) in [6, 6.07) is 8.97. The van der Waals surface area contributed by atoms with Gasteiger partial charge in [0, 0.05) is 54.5 Å². The quantitative estimate of drug-likeness (QED) is 0.511. The number of primary amides is 1. The van der Waals surface area contributed by atoms with Crippen LogP contribution in [-0.4, -0.2) is 49.1 Å². The second kappa shape index (κ2) is 11.6. The number of benzene rings is 2. The maximum absolute atomic E-state index is 14.7. The summed E-state index contributed by atoms with van der Waals surface area (Å²) in [6.07, 6.45) is 1.45. The van der Waals surface area contributed by atoms with Crippen molar-refractivity contribution in [2.24, 2.45) is 5.73 Å². The molecule has 0 saturated carbocycles. The van der Waals surface area contributed by atoms with Gasteiger partial charge < -0.3 is 20.1 Å². The van der Waals surface area contributed by atoms with E-state index in [4.69, 9.17) is 15.2 Å². The molecule has 2 aromatic rings. The topological polar surface area (TPSA) is 81.9 Å². The minimum absolute atomic E-state index is 0.0212. The molecule has 0 spiro atoms. The third-order valence-corrected chi connectivity index (χ3v) is 5.38. The van der Waals surface area contributed by atoms with Crippen LogP contribution >= 0.6 is 0 Å². The number of methoxy groups -OCH3 is 1. The number of nitrogens with zero attached hydrogens (tertiary/aromatic N) is 1. The number of nitrogens with two attached hydrogens (primary N) is 1. The Kier molecular flexibility index (Phi) is 9.20. The number of ether oxygens (including phenoxy) is 2. The number of rotatable bonds is 11. The number of hydrogen-bond acceptors (Lipinski definition) is 4. The minimum Gasteiger partial charge on any atom is -0.493 e. The Morgan fingerprint density at radius 1 is 1.03 bits per heavy atom. The van der Waals surface area contributed by atoms with Crippen LogP contribution in [0.4, 0.5) is 4.39 Å². The summed E-state index contributed by atoms with van der Waals surface area (Å²) in [6.45, 7) is 8.84. The summed E-state index contributed by atoms with van der Waals surface area (Å²) in [7, 11) is 1.60. The van der Waals surface area contributed by atoms with E-state index in [0.717, 1.165) is 6.42 Å². The fourth-order valence-corrected chi connectivity index (χ4v) is 3.56. The summed E-state index contributed by atoms with van der Waals surface area (Å²) < 4.78 is 25.7. The third-order valence-electron chi connectivity index (χ3n) is 5.38. The van der Waals surface area contributed by atoms with Gasteiger partial charge in [-0.15, -0.1) is 0 Å². The highest BCUT2D eigenvalue weighted by Crippen LogP contribution is 2.34. The zero-order valence-electron chi connectivity index (χ0n) is 19.5. The Hall–Kier alpha value is -2.93. The van der Waals surface area contributed by atoms with Crippen LogP contribution in [-0.2, 0) is 4.74 Å². The van der Waals surface area contributed by atoms with E-state index >= 15 is 0 Å². The first-order valence-electron chi connectivity index (χ1n) is 10.9. The first kappa shape index (κ1) is 25.3. The van der Waals surface area contributed by atoms with Gasteiger partial charge in [-0.1, -0.05) is 6.92 Å². The zero-order valence-corrected chi connectivity index (χ0v) is 19.5. The van der Waals surface area contributed by atoms with Gasteiger partial charge in [-0.3, -0.25) is 9.59 Å². The molecule has 6 nitrogen and oxygen atoms in total. The standard InChI is InChI=1S/C25H33FN2O4/c1-6-17(4)28(16(2)3)25(30)19-8-10-20(23(15-19)32-13-7-12-31-5)21-14-18(24(27)29)9-11-22(21)26/h8-11,14-17H,6-7,12-13H2,1-5H3,(H2,27,29)/t17-/m1/s1. The molecule has 0 fully saturated rings. The molecule has 0 aliphatic rings. The molecule has 0 saturated heterocycles. The van der Waals surface area contributed by atoms with Gasteiger partial charge in [0.1, 0.15) is 11.6 Å². The van der Waals surface area contributed by atoms with Crippen LogP contribution in [0.3, 0.4) is 0 Å². The van der Waals surface area contributed by atoms with Gasteiger partial charge in [0.25, 0.3) is 5.91 Å². The molecular formula is C25H33FN2O4. The molecule has 0 aliphatic carbocycles. The first-order chi connectivity index (χ1) is 15.2. The van der Waals surface area contributed by atoms with E-state index in [1.165, 1.54) is 18.2 Å². The highest BCUT2D eigenvalue weighted by molar-refractivity contribution is 5.97. The van der Waals surface area contributed by atoms with Gasteiger partial charge >= 0.3 is 0 Å². The van der Waals surface area contributed by atoms with Crippen molar-refractivity contribution in [2.75, 3.05) is 20.3 Å². The molecule has 7 heteroatoms. The molecule has 0 aliphatic heterocycles. The first-order valence-corrected chi connectivity index (χ1v) is 10.9. The van der Waals surface area contributed by atoms with E-state index < -0.39 is 11.7 Å². The second-order valence-electron chi connectivity index (χ2n) is 8.03. The van der Waals surface area contributed by atoms with Crippen LogP contribution in [0.1, 0.15) is 61.3 Å². The van der Waals surface area contributed by atoms with Gasteiger partial charge in [-0.2, -0.15) is 0 Å². The van der Waals surface area contributed by atoms with Crippen molar-refractivity contribution < 1.29 is 23.5 Å². The normalized spacial score (nSPS) is 12.0. The molecule has 0 heterocycles. The lowest BCUT2D eigenvalue weighted by atomic mass is 9.98. The summed E-state index contributed by atoms with van der Waals surface area (Å²) in [5.74, 6) is -0.921. The van der Waals surface area contributed by atoms with Crippen molar-refractivity contribution in [3.8, 4) is 16.9 Å². The third kappa shape index (κ3) is 6.07. The number of hydrogen-bond donors (Lipinski definition) is 1. The maximum Gasteiger partial charge on any atom is 0.254 e. The van der Waals surface area contributed by atoms with Crippen LogP contribution in [0.2, 0.25) is 0 Å². The fraction of sp³-hybridized carbons (Fsp3) is 0.440. The van der Waals surface area contributed by atoms with Crippen LogP contribution in [0, 0.1) is 5.82 Å². The number of halogens is 1. The average Bonchev–Trinajstić information content (AvgIpc) is 2.76. The number of carbonyl (C=O) groups is 2. The van der Waals surface area contributed by atoms with Crippen LogP contribution in [0.5, 0.6) is 5.75 Å². The molecule has 1 atom stereocenters. The van der Waals surface area contributed by atoms with Crippen molar-refractivity contribution in [1.29, 1.82) is 0 Å². The van der Waals surface area contributed by atoms with Crippen molar-refractivity contribution in [1.82, 2.24) is 4.90 Å². The van der Waals surface area contributed by atoms with E-state index in [-0.39, 0.29) is 29.1 Å². The highest BCUT2D eigenvalue weighted by atomic mass is 19.1. The van der Waals surface area contributed by atoms with Crippen molar-refractivity contribution >= 4 is 11.8 Å². The van der Waals surface area contributed by atoms with Crippen LogP contribution in [0.15, 0.2) is 36.4 Å². The molecule has 2 amide bonds. The van der Waals surface area contributed by atoms with Crippen molar-refractivity contribution in [3.05, 3.63) is 53.3 Å². The van der Waals surface area contributed by atoms with Crippen LogP contribution < -0.4 is 10.5 Å². The largest absolute Gasteiger partial charge is 0.493 e. The number of amides is 2. The lowest BCUT2D eigenvalue weighted by molar-refractivity contribution is 0.0621. The Bertz CT molecular complexity index is 946. The summed E-state index contributed by atoms with van der Waals surface area (Å²) in [5.41, 5.74) is 6.65. The molecule has 2 N–H and O–H groups in total. The Morgan fingerprint density at radius 3 is 2.31 bits per heavy atom. The van der Waals surface area contributed by atoms with Gasteiger partial charge in [-0.25, -0.2) is 4.39 Å². The molecule has 0 aromatic heterocycles. The van der Waals surface area contributed by atoms with E-state index in [9.17, 15) is 14.0 Å². The predicted octanol–water partition coefficient (Wildman–Crippen LogP) is 4.66. The lowest BCUT2D eigenvalue weighted by Crippen LogP contribution is -2.43. The Labute approximate surface area is 189 Å². The number of carbonyl (C=O) groups excluding carboxylic acids is 2. The van der Waals surface area contributed by atoms with E-state index in [2.05, 4.69) is 0 Å². The smallest absolute Gasteiger partial charge is 0.254 e. The fourth-order valence-electron chi connectivity index (χ4n) is 3.56. The molecule has 2 rings (SSSR count). The monoisotopic (exact) mass is 444 g/mol. The molecular weight excluding hydrogens is 411 g/mol. The van der Waals surface area contributed by atoms with E-state index in [1.54, 1.807) is 25.3 Å². The van der Waals surface area contributed by atoms with E-state index in [1.807, 2.05) is 32.6 Å². The Morgan fingerprint density at radius 2 is 1.72 bits per heavy atom. The lowest BCUT2D eigenvalue weighted by Gasteiger charge is -2.32. The maximum atomic E-state index is 14.7. The highest BCUT2D eigenvalue weighted by Gasteiger charge is 2.24. The van der Waals surface area contributed by atoms with E-state index in [0.29, 0.717) is 36.5 Å². The average molecular weight is 445 g/mol. The SMILES string of the molecule is CC[C@@H](C)N(C(=O)c1ccc(-c2cc(C(N)=O)ccc2F)c(OCCCOC)c1)C(C)C. The molecule has 174 valence electrons. The van der Waals surface area contributed by atoms with Crippen molar-refractivity contribution in [2.45, 2.75) is 52.6 Å². The van der Waals surface area contributed by atoms with Gasteiger partial charge in [0.05, 0.1) is 6.61 Å². The van der Waals surface area contributed by atoms with Gasteiger partial charge in [-0.05, 0) is 63.6 Å². The van der Waals surface area contributed by atoms with Crippen LogP contribution in [0.25, 0.3) is 11.1 Å². The zero-order chi connectivity index (χ0) is 23.8. The minimum atomic E-state index is -0.651. The second-order valence-corrected chi connectivity index (χ2v) is 8.03. The summed E-state index contributed by atoms with van der Waals surface area (Å²) >= 11 is 0. The molecule has 0 unspecified atom stereocenters. The van der Waals surface area contributed by atoms with Gasteiger partial charge in [0.15, 0.2) is 0 Å². The summed E-state index contributed by atoms with van der Waals surface area (Å²) in [5, 5.41) is 0. The molecule has 32 heavy (non-hydrogen) atoms. The molecule has 0 bridgehead atoms. The van der Waals surface area contributed by atoms with Gasteiger partial charge in [0.2, 0.25) is 5.91 Å². The van der Waals surface area contributed by atoms with Crippen molar-refractivity contribution in [3.63, 3.8) is 0 Å². The molecule has 0 radical (unpaired) electrons. The Balaban J connectivity index is 2.53. The predicted molar refractivity (Wildman–Crippen MR) is 123 cm³/mol. The summed E-state index contributed by atoms with van der Waals surface area (Å²) in [4.78, 5) is 26.7. The molecule has 2 aromatic carbocycles.